The molecule has 11 heteroatoms. The van der Waals surface area contributed by atoms with Gasteiger partial charge in [0.05, 0.1) is 29.2 Å². The molecule has 1 aromatic heterocycles. The van der Waals surface area contributed by atoms with E-state index in [4.69, 9.17) is 5.11 Å². The third kappa shape index (κ3) is 3.43. The number of para-hydroxylation sites is 1. The smallest absolute Gasteiger partial charge is 0.318 e. The topological polar surface area (TPSA) is 142 Å². The summed E-state index contributed by atoms with van der Waals surface area (Å²) in [6, 6.07) is 6.31. The van der Waals surface area contributed by atoms with Crippen molar-refractivity contribution in [3.05, 3.63) is 36.5 Å². The number of benzene rings is 1. The van der Waals surface area contributed by atoms with E-state index in [-0.39, 0.29) is 10.4 Å². The number of pyridine rings is 1. The maximum atomic E-state index is 13.1. The van der Waals surface area contributed by atoms with Crippen LogP contribution in [-0.2, 0) is 24.7 Å². The third-order valence-electron chi connectivity index (χ3n) is 4.14. The van der Waals surface area contributed by atoms with Crippen LogP contribution in [0.25, 0.3) is 10.9 Å². The fourth-order valence-electron chi connectivity index (χ4n) is 3.01. The van der Waals surface area contributed by atoms with Crippen molar-refractivity contribution in [1.29, 1.82) is 0 Å². The summed E-state index contributed by atoms with van der Waals surface area (Å²) in [5, 5.41) is 19.7. The van der Waals surface area contributed by atoms with Crippen molar-refractivity contribution in [3.63, 3.8) is 0 Å². The van der Waals surface area contributed by atoms with Crippen molar-refractivity contribution < 1.29 is 31.8 Å². The van der Waals surface area contributed by atoms with Gasteiger partial charge in [-0.25, -0.2) is 16.8 Å². The minimum absolute atomic E-state index is 0.140. The number of aliphatic hydroxyl groups excluding tert-OH is 1. The highest BCUT2D eigenvalue weighted by Gasteiger charge is 2.45. The molecule has 2 atom stereocenters. The summed E-state index contributed by atoms with van der Waals surface area (Å²) in [5.74, 6) is -2.71. The molecule has 0 unspecified atom stereocenters. The number of aliphatic carboxylic acids is 1. The van der Waals surface area contributed by atoms with Crippen molar-refractivity contribution in [3.8, 4) is 0 Å². The number of carboxylic acids is 1. The SMILES string of the molecule is O=C(O)CN([C@H]1CS(=O)(=O)C[C@H]1O)S(=O)(=O)c1cccc2cccnc12. The quantitative estimate of drug-likeness (QED) is 0.682. The Balaban J connectivity index is 2.15. The molecule has 0 saturated carbocycles. The number of sulfonamides is 1. The molecule has 2 aromatic rings. The standard InChI is InChI=1S/C15H16N2O7S2/c18-12-9-25(21,22)8-11(12)17(7-14(19)20)26(23,24)13-5-1-3-10-4-2-6-16-15(10)13/h1-6,11-12,18H,7-9H2,(H,19,20)/t11-,12+/m0/s1. The van der Waals surface area contributed by atoms with E-state index < -0.39 is 56.0 Å². The van der Waals surface area contributed by atoms with Gasteiger partial charge in [-0.15, -0.1) is 0 Å². The summed E-state index contributed by atoms with van der Waals surface area (Å²) in [7, 11) is -8.10. The van der Waals surface area contributed by atoms with E-state index in [0.29, 0.717) is 9.69 Å². The van der Waals surface area contributed by atoms with E-state index >= 15 is 0 Å². The Kier molecular flexibility index (Phi) is 4.73. The zero-order chi connectivity index (χ0) is 19.1. The van der Waals surface area contributed by atoms with Gasteiger partial charge in [0.1, 0.15) is 11.4 Å². The number of hydrogen-bond donors (Lipinski definition) is 2. The fourth-order valence-corrected chi connectivity index (χ4v) is 6.68. The molecule has 0 bridgehead atoms. The minimum Gasteiger partial charge on any atom is -0.480 e. The van der Waals surface area contributed by atoms with Gasteiger partial charge in [0.25, 0.3) is 0 Å². The highest BCUT2D eigenvalue weighted by molar-refractivity contribution is 7.92. The van der Waals surface area contributed by atoms with E-state index in [1.54, 1.807) is 18.2 Å². The molecule has 2 heterocycles. The molecular weight excluding hydrogens is 384 g/mol. The Labute approximate surface area is 149 Å². The van der Waals surface area contributed by atoms with Gasteiger partial charge < -0.3 is 10.2 Å². The molecule has 0 amide bonds. The van der Waals surface area contributed by atoms with Gasteiger partial charge in [-0.05, 0) is 12.1 Å². The lowest BCUT2D eigenvalue weighted by Crippen LogP contribution is -2.48. The second-order valence-electron chi connectivity index (χ2n) is 5.99. The van der Waals surface area contributed by atoms with E-state index in [9.17, 15) is 26.7 Å². The molecule has 1 aliphatic rings. The lowest BCUT2D eigenvalue weighted by atomic mass is 10.2. The highest BCUT2D eigenvalue weighted by atomic mass is 32.2. The number of aliphatic hydroxyl groups is 1. The van der Waals surface area contributed by atoms with Crippen LogP contribution in [-0.4, -0.2) is 72.5 Å². The normalized spacial score (nSPS) is 22.7. The molecule has 0 radical (unpaired) electrons. The zero-order valence-corrected chi connectivity index (χ0v) is 15.0. The van der Waals surface area contributed by atoms with Crippen LogP contribution in [0.15, 0.2) is 41.4 Å². The van der Waals surface area contributed by atoms with Crippen LogP contribution in [0.2, 0.25) is 0 Å². The average Bonchev–Trinajstić information content (AvgIpc) is 2.84. The fraction of sp³-hybridized carbons (Fsp3) is 0.333. The first-order valence-electron chi connectivity index (χ1n) is 7.58. The van der Waals surface area contributed by atoms with Crippen molar-refractivity contribution in [2.45, 2.75) is 17.0 Å². The van der Waals surface area contributed by atoms with Crippen LogP contribution >= 0.6 is 0 Å². The van der Waals surface area contributed by atoms with Crippen molar-refractivity contribution in [2.75, 3.05) is 18.1 Å². The molecule has 9 nitrogen and oxygen atoms in total. The lowest BCUT2D eigenvalue weighted by Gasteiger charge is -2.28. The number of nitrogens with zero attached hydrogens (tertiary/aromatic N) is 2. The van der Waals surface area contributed by atoms with Crippen LogP contribution in [0.3, 0.4) is 0 Å². The molecule has 0 aliphatic carbocycles. The minimum atomic E-state index is -4.42. The van der Waals surface area contributed by atoms with E-state index in [0.717, 1.165) is 0 Å². The van der Waals surface area contributed by atoms with Gasteiger partial charge in [0.15, 0.2) is 9.84 Å². The Hall–Kier alpha value is -2.08. The molecule has 140 valence electrons. The van der Waals surface area contributed by atoms with Gasteiger partial charge in [0, 0.05) is 11.6 Å². The number of rotatable bonds is 5. The predicted octanol–water partition coefficient (Wildman–Crippen LogP) is -0.532. The summed E-state index contributed by atoms with van der Waals surface area (Å²) >= 11 is 0. The predicted molar refractivity (Wildman–Crippen MR) is 91.7 cm³/mol. The summed E-state index contributed by atoms with van der Waals surface area (Å²) in [5.41, 5.74) is 0.140. The van der Waals surface area contributed by atoms with Crippen molar-refractivity contribution in [1.82, 2.24) is 9.29 Å². The summed E-state index contributed by atoms with van der Waals surface area (Å²) in [6.45, 7) is -0.969. The van der Waals surface area contributed by atoms with E-state index in [2.05, 4.69) is 4.98 Å². The molecule has 1 aromatic carbocycles. The van der Waals surface area contributed by atoms with Crippen molar-refractivity contribution >= 4 is 36.7 Å². The molecule has 1 fully saturated rings. The number of aromatic nitrogens is 1. The van der Waals surface area contributed by atoms with Crippen LogP contribution in [0.4, 0.5) is 0 Å². The number of sulfone groups is 1. The summed E-state index contributed by atoms with van der Waals surface area (Å²) in [4.78, 5) is 15.0. The van der Waals surface area contributed by atoms with E-state index in [1.807, 2.05) is 0 Å². The Bertz CT molecular complexity index is 1060. The van der Waals surface area contributed by atoms with Crippen LogP contribution in [0.5, 0.6) is 0 Å². The van der Waals surface area contributed by atoms with Crippen LogP contribution in [0.1, 0.15) is 0 Å². The van der Waals surface area contributed by atoms with Gasteiger partial charge in [-0.2, -0.15) is 4.31 Å². The molecule has 1 aliphatic heterocycles. The summed E-state index contributed by atoms with van der Waals surface area (Å²) in [6.07, 6.45) is -0.102. The Morgan fingerprint density at radius 1 is 1.23 bits per heavy atom. The molecular formula is C15H16N2O7S2. The monoisotopic (exact) mass is 400 g/mol. The van der Waals surface area contributed by atoms with Crippen molar-refractivity contribution in [2.24, 2.45) is 0 Å². The number of carbonyl (C=O) groups is 1. The zero-order valence-electron chi connectivity index (χ0n) is 13.4. The Morgan fingerprint density at radius 3 is 2.54 bits per heavy atom. The highest BCUT2D eigenvalue weighted by Crippen LogP contribution is 2.28. The first-order valence-corrected chi connectivity index (χ1v) is 10.8. The maximum absolute atomic E-state index is 13.1. The first-order chi connectivity index (χ1) is 12.1. The van der Waals surface area contributed by atoms with Gasteiger partial charge >= 0.3 is 5.97 Å². The van der Waals surface area contributed by atoms with Crippen LogP contribution < -0.4 is 0 Å². The second kappa shape index (κ2) is 6.58. The molecule has 3 rings (SSSR count). The molecule has 26 heavy (non-hydrogen) atoms. The van der Waals surface area contributed by atoms with E-state index in [1.165, 1.54) is 18.3 Å². The second-order valence-corrected chi connectivity index (χ2v) is 10.00. The van der Waals surface area contributed by atoms with Crippen LogP contribution in [0, 0.1) is 0 Å². The van der Waals surface area contributed by atoms with Gasteiger partial charge in [-0.1, -0.05) is 18.2 Å². The molecule has 0 spiro atoms. The summed E-state index contributed by atoms with van der Waals surface area (Å²) < 4.78 is 50.4. The maximum Gasteiger partial charge on any atom is 0.318 e. The molecule has 2 N–H and O–H groups in total. The lowest BCUT2D eigenvalue weighted by molar-refractivity contribution is -0.137. The average molecular weight is 400 g/mol. The first kappa shape index (κ1) is 18.7. The molecule has 1 saturated heterocycles. The third-order valence-corrected chi connectivity index (χ3v) is 7.74. The van der Waals surface area contributed by atoms with Gasteiger partial charge in [-0.3, -0.25) is 9.78 Å². The number of hydrogen-bond acceptors (Lipinski definition) is 7. The number of carboxylic acid groups (broad SMARTS) is 1. The largest absolute Gasteiger partial charge is 0.480 e. The number of fused-ring (bicyclic) bond motifs is 1. The van der Waals surface area contributed by atoms with Gasteiger partial charge in [0.2, 0.25) is 10.0 Å². The Morgan fingerprint density at radius 2 is 1.92 bits per heavy atom.